The molecule has 1 unspecified atom stereocenters. The zero-order valence-corrected chi connectivity index (χ0v) is 13.0. The average molecular weight is 289 g/mol. The lowest BCUT2D eigenvalue weighted by Gasteiger charge is -2.38. The Labute approximate surface area is 127 Å². The summed E-state index contributed by atoms with van der Waals surface area (Å²) in [5, 5.41) is 3.43. The van der Waals surface area contributed by atoms with Crippen molar-refractivity contribution in [1.82, 2.24) is 10.2 Å². The first-order valence-corrected chi connectivity index (χ1v) is 8.02. The van der Waals surface area contributed by atoms with Gasteiger partial charge in [0.2, 0.25) is 5.91 Å². The molecule has 0 spiro atoms. The Morgan fingerprint density at radius 1 is 1.24 bits per heavy atom. The van der Waals surface area contributed by atoms with E-state index in [0.717, 1.165) is 31.6 Å². The van der Waals surface area contributed by atoms with Crippen molar-refractivity contribution in [2.45, 2.75) is 38.1 Å². The van der Waals surface area contributed by atoms with Crippen molar-refractivity contribution in [2.75, 3.05) is 26.2 Å². The number of nitrogens with two attached hydrogens (primary N) is 1. The second kappa shape index (κ2) is 7.57. The van der Waals surface area contributed by atoms with Crippen LogP contribution in [0.5, 0.6) is 0 Å². The van der Waals surface area contributed by atoms with Crippen LogP contribution >= 0.6 is 0 Å². The van der Waals surface area contributed by atoms with Crippen LogP contribution in [-0.4, -0.2) is 37.0 Å². The Bertz CT molecular complexity index is 443. The minimum atomic E-state index is -0.783. The Hall–Kier alpha value is -1.39. The molecule has 1 heterocycles. The number of piperidine rings is 1. The lowest BCUT2D eigenvalue weighted by Crippen LogP contribution is -2.59. The van der Waals surface area contributed by atoms with Gasteiger partial charge in [0.1, 0.15) is 5.54 Å². The first-order valence-electron chi connectivity index (χ1n) is 8.02. The summed E-state index contributed by atoms with van der Waals surface area (Å²) in [6, 6.07) is 9.90. The number of hydrogen-bond acceptors (Lipinski definition) is 3. The SMILES string of the molecule is CCCNC(CN1CCCCC1)(C(N)=O)c1ccccc1. The second-order valence-corrected chi connectivity index (χ2v) is 5.90. The highest BCUT2D eigenvalue weighted by Crippen LogP contribution is 2.24. The van der Waals surface area contributed by atoms with E-state index in [1.807, 2.05) is 30.3 Å². The molecule has 3 N–H and O–H groups in total. The van der Waals surface area contributed by atoms with Gasteiger partial charge in [0.05, 0.1) is 0 Å². The first-order chi connectivity index (χ1) is 10.2. The zero-order chi connectivity index (χ0) is 15.1. The Balaban J connectivity index is 2.28. The third-order valence-electron chi connectivity index (χ3n) is 4.27. The number of rotatable bonds is 7. The van der Waals surface area contributed by atoms with Crippen LogP contribution in [0.2, 0.25) is 0 Å². The van der Waals surface area contributed by atoms with E-state index in [1.165, 1.54) is 19.3 Å². The molecule has 2 rings (SSSR count). The molecule has 1 saturated heterocycles. The van der Waals surface area contributed by atoms with Gasteiger partial charge >= 0.3 is 0 Å². The maximum Gasteiger partial charge on any atom is 0.243 e. The third kappa shape index (κ3) is 3.83. The van der Waals surface area contributed by atoms with Crippen LogP contribution < -0.4 is 11.1 Å². The van der Waals surface area contributed by atoms with Crippen molar-refractivity contribution in [3.63, 3.8) is 0 Å². The number of nitrogens with zero attached hydrogens (tertiary/aromatic N) is 1. The molecule has 1 aliphatic rings. The molecule has 1 aromatic rings. The van der Waals surface area contributed by atoms with E-state index in [0.29, 0.717) is 6.54 Å². The lowest BCUT2D eigenvalue weighted by molar-refractivity contribution is -0.125. The van der Waals surface area contributed by atoms with E-state index in [1.54, 1.807) is 0 Å². The third-order valence-corrected chi connectivity index (χ3v) is 4.27. The topological polar surface area (TPSA) is 58.4 Å². The molecule has 0 aromatic heterocycles. The van der Waals surface area contributed by atoms with E-state index < -0.39 is 5.54 Å². The summed E-state index contributed by atoms with van der Waals surface area (Å²) in [4.78, 5) is 14.7. The van der Waals surface area contributed by atoms with Crippen molar-refractivity contribution in [3.05, 3.63) is 35.9 Å². The van der Waals surface area contributed by atoms with Gasteiger partial charge in [-0.2, -0.15) is 0 Å². The molecule has 4 heteroatoms. The number of carbonyl (C=O) groups excluding carboxylic acids is 1. The lowest BCUT2D eigenvalue weighted by atomic mass is 9.87. The van der Waals surface area contributed by atoms with Crippen molar-refractivity contribution in [3.8, 4) is 0 Å². The first kappa shape index (κ1) is 16.0. The molecule has 1 atom stereocenters. The second-order valence-electron chi connectivity index (χ2n) is 5.90. The molecule has 21 heavy (non-hydrogen) atoms. The summed E-state index contributed by atoms with van der Waals surface area (Å²) in [7, 11) is 0. The summed E-state index contributed by atoms with van der Waals surface area (Å²) >= 11 is 0. The van der Waals surface area contributed by atoms with Gasteiger partial charge < -0.3 is 10.6 Å². The minimum Gasteiger partial charge on any atom is -0.368 e. The number of primary amides is 1. The molecule has 1 aromatic carbocycles. The molecular formula is C17H27N3O. The Morgan fingerprint density at radius 3 is 2.48 bits per heavy atom. The minimum absolute atomic E-state index is 0.285. The molecule has 116 valence electrons. The number of benzene rings is 1. The fraction of sp³-hybridized carbons (Fsp3) is 0.588. The number of hydrogen-bond donors (Lipinski definition) is 2. The van der Waals surface area contributed by atoms with Crippen LogP contribution in [0.1, 0.15) is 38.2 Å². The van der Waals surface area contributed by atoms with E-state index >= 15 is 0 Å². The molecular weight excluding hydrogens is 262 g/mol. The fourth-order valence-electron chi connectivity index (χ4n) is 3.07. The summed E-state index contributed by atoms with van der Waals surface area (Å²) in [5.74, 6) is -0.285. The van der Waals surface area contributed by atoms with Gasteiger partial charge in [-0.1, -0.05) is 43.7 Å². The van der Waals surface area contributed by atoms with Gasteiger partial charge in [-0.3, -0.25) is 10.1 Å². The quantitative estimate of drug-likeness (QED) is 0.805. The predicted octanol–water partition coefficient (Wildman–Crippen LogP) is 1.85. The Kier molecular flexibility index (Phi) is 5.76. The molecule has 4 nitrogen and oxygen atoms in total. The number of likely N-dealkylation sites (tertiary alicyclic amines) is 1. The molecule has 0 saturated carbocycles. The maximum absolute atomic E-state index is 12.3. The molecule has 0 aliphatic carbocycles. The predicted molar refractivity (Wildman–Crippen MR) is 85.9 cm³/mol. The van der Waals surface area contributed by atoms with Gasteiger partial charge in [0.15, 0.2) is 0 Å². The van der Waals surface area contributed by atoms with Crippen LogP contribution in [-0.2, 0) is 10.3 Å². The number of carbonyl (C=O) groups is 1. The van der Waals surface area contributed by atoms with Gasteiger partial charge in [0.25, 0.3) is 0 Å². The number of nitrogens with one attached hydrogen (secondary N) is 1. The van der Waals surface area contributed by atoms with Gasteiger partial charge in [-0.25, -0.2) is 0 Å². The van der Waals surface area contributed by atoms with E-state index in [-0.39, 0.29) is 5.91 Å². The molecule has 1 amide bonds. The fourth-order valence-corrected chi connectivity index (χ4v) is 3.07. The highest BCUT2D eigenvalue weighted by Gasteiger charge is 2.39. The maximum atomic E-state index is 12.3. The van der Waals surface area contributed by atoms with Crippen LogP contribution in [0.4, 0.5) is 0 Å². The van der Waals surface area contributed by atoms with Crippen LogP contribution in [0.15, 0.2) is 30.3 Å². The monoisotopic (exact) mass is 289 g/mol. The standard InChI is InChI=1S/C17H27N3O/c1-2-11-19-17(16(18)21,15-9-5-3-6-10-15)14-20-12-7-4-8-13-20/h3,5-6,9-10,19H,2,4,7-8,11-14H2,1H3,(H2,18,21). The summed E-state index contributed by atoms with van der Waals surface area (Å²) in [6.45, 7) is 5.65. The van der Waals surface area contributed by atoms with Crippen LogP contribution in [0.3, 0.4) is 0 Å². The van der Waals surface area contributed by atoms with Crippen LogP contribution in [0.25, 0.3) is 0 Å². The van der Waals surface area contributed by atoms with E-state index in [9.17, 15) is 4.79 Å². The molecule has 1 fully saturated rings. The van der Waals surface area contributed by atoms with Gasteiger partial charge in [-0.05, 0) is 44.5 Å². The van der Waals surface area contributed by atoms with Crippen molar-refractivity contribution < 1.29 is 4.79 Å². The molecule has 0 radical (unpaired) electrons. The van der Waals surface area contributed by atoms with E-state index in [4.69, 9.17) is 5.73 Å². The molecule has 0 bridgehead atoms. The Morgan fingerprint density at radius 2 is 1.90 bits per heavy atom. The normalized spacial score (nSPS) is 19.1. The van der Waals surface area contributed by atoms with Gasteiger partial charge in [-0.15, -0.1) is 0 Å². The smallest absolute Gasteiger partial charge is 0.243 e. The van der Waals surface area contributed by atoms with Crippen molar-refractivity contribution in [1.29, 1.82) is 0 Å². The number of amides is 1. The summed E-state index contributed by atoms with van der Waals surface area (Å²) < 4.78 is 0. The highest BCUT2D eigenvalue weighted by molar-refractivity contribution is 5.86. The average Bonchev–Trinajstić information content (AvgIpc) is 2.53. The van der Waals surface area contributed by atoms with Gasteiger partial charge in [0, 0.05) is 6.54 Å². The van der Waals surface area contributed by atoms with E-state index in [2.05, 4.69) is 17.1 Å². The molecule has 1 aliphatic heterocycles. The largest absolute Gasteiger partial charge is 0.368 e. The van der Waals surface area contributed by atoms with Crippen LogP contribution in [0, 0.1) is 0 Å². The summed E-state index contributed by atoms with van der Waals surface area (Å²) in [6.07, 6.45) is 4.67. The highest BCUT2D eigenvalue weighted by atomic mass is 16.1. The zero-order valence-electron chi connectivity index (χ0n) is 13.0. The van der Waals surface area contributed by atoms with Crippen molar-refractivity contribution >= 4 is 5.91 Å². The van der Waals surface area contributed by atoms with Crippen molar-refractivity contribution in [2.24, 2.45) is 5.73 Å². The summed E-state index contributed by atoms with van der Waals surface area (Å²) in [5.41, 5.74) is 6.02.